The Bertz CT molecular complexity index is 175. The molecule has 0 aromatic carbocycles. The Labute approximate surface area is 83.7 Å². The molecule has 1 radical (unpaired) electrons. The fraction of sp³-hybridized carbons (Fsp3) is 0.400. The Hall–Kier alpha value is -1.13. The van der Waals surface area contributed by atoms with E-state index in [9.17, 15) is 19.8 Å². The predicted octanol–water partition coefficient (Wildman–Crippen LogP) is -4.70. The first-order valence-electron chi connectivity index (χ1n) is 2.47. The molecule has 0 aliphatic carbocycles. The van der Waals surface area contributed by atoms with Crippen LogP contribution < -0.4 is 10.2 Å². The first-order chi connectivity index (χ1) is 5.46. The maximum Gasteiger partial charge on any atom is 0.124 e. The van der Waals surface area contributed by atoms with E-state index in [0.29, 0.717) is 0 Å². The van der Waals surface area contributed by atoms with Gasteiger partial charge in [-0.25, -0.2) is 0 Å². The van der Waals surface area contributed by atoms with E-state index < -0.39 is 24.1 Å². The van der Waals surface area contributed by atoms with Crippen molar-refractivity contribution in [3.8, 4) is 0 Å². The van der Waals surface area contributed by atoms with Crippen molar-refractivity contribution in [2.24, 2.45) is 0 Å². The van der Waals surface area contributed by atoms with Crippen LogP contribution in [0.25, 0.3) is 0 Å². The molecule has 2 unspecified atom stereocenters. The Morgan fingerprint density at radius 2 is 1.23 bits per heavy atom. The van der Waals surface area contributed by atoms with Crippen molar-refractivity contribution in [2.45, 2.75) is 12.2 Å². The molecule has 79 valence electrons. The molecule has 8 heteroatoms. The number of hydrogen-bond donors (Lipinski definition) is 2. The normalized spacial score (nSPS) is 12.3. The molecule has 0 amide bonds. The van der Waals surface area contributed by atoms with E-state index in [1.165, 1.54) is 0 Å². The molecule has 7 nitrogen and oxygen atoms in total. The Morgan fingerprint density at radius 1 is 1.08 bits per heavy atom. The Kier molecular flexibility index (Phi) is 12.3. The maximum absolute atomic E-state index is 9.63. The molecular weight excluding hydrogens is 234 g/mol. The van der Waals surface area contributed by atoms with Crippen molar-refractivity contribution >= 4 is 11.9 Å². The largest absolute Gasteiger partial charge is 0.547 e. The summed E-state index contributed by atoms with van der Waals surface area (Å²) in [5, 5.41) is 42.0. The zero-order chi connectivity index (χ0) is 10.3. The average molecular weight is 238 g/mol. The van der Waals surface area contributed by atoms with Crippen molar-refractivity contribution < 1.29 is 47.1 Å². The van der Waals surface area contributed by atoms with Gasteiger partial charge in [0.1, 0.15) is 12.2 Å². The van der Waals surface area contributed by atoms with Crippen LogP contribution in [0.2, 0.25) is 0 Å². The first kappa shape index (κ1) is 17.8. The van der Waals surface area contributed by atoms with Crippen molar-refractivity contribution in [2.75, 3.05) is 0 Å². The zero-order valence-corrected chi connectivity index (χ0v) is 6.87. The summed E-state index contributed by atoms with van der Waals surface area (Å²) in [4.78, 5) is 19.3. The van der Waals surface area contributed by atoms with Gasteiger partial charge in [0, 0.05) is 17.1 Å². The van der Waals surface area contributed by atoms with Crippen LogP contribution in [0, 0.1) is 11.8 Å². The number of aliphatic carboxylic acids is 2. The average Bonchev–Trinajstić information content (AvgIpc) is 2.05. The van der Waals surface area contributed by atoms with Gasteiger partial charge in [-0.1, -0.05) is 0 Å². The first-order valence-corrected chi connectivity index (χ1v) is 2.47. The number of carboxylic acids is 2. The number of aliphatic hydroxyl groups excluding tert-OH is 2. The van der Waals surface area contributed by atoms with Gasteiger partial charge in [0.05, 0.1) is 11.9 Å². The second kappa shape index (κ2) is 8.96. The smallest absolute Gasteiger partial charge is 0.124 e. The molecule has 0 aliphatic rings. The summed E-state index contributed by atoms with van der Waals surface area (Å²) in [6.07, 6.45) is -4.88. The molecule has 0 saturated heterocycles. The number of rotatable bonds is 3. The van der Waals surface area contributed by atoms with E-state index in [2.05, 4.69) is 0 Å². The summed E-state index contributed by atoms with van der Waals surface area (Å²) >= 11 is 0. The van der Waals surface area contributed by atoms with Crippen LogP contribution in [0.15, 0.2) is 0 Å². The van der Waals surface area contributed by atoms with E-state index in [0.717, 1.165) is 0 Å². The summed E-state index contributed by atoms with van der Waals surface area (Å²) in [6.45, 7) is 4.75. The van der Waals surface area contributed by atoms with Crippen LogP contribution in [-0.4, -0.2) is 34.4 Å². The SMILES string of the molecule is O=C([O-])C(O)C(O)C(=O)[O-].[C-]#N.[Cu]. The molecule has 0 aromatic rings. The minimum atomic E-state index is -2.44. The Balaban J connectivity index is -0.000000309. The van der Waals surface area contributed by atoms with Gasteiger partial charge in [0.25, 0.3) is 0 Å². The fourth-order valence-electron chi connectivity index (χ4n) is 0.258. The molecule has 0 fully saturated rings. The minimum Gasteiger partial charge on any atom is -0.547 e. The topological polar surface area (TPSA) is 145 Å². The molecule has 0 heterocycles. The Morgan fingerprint density at radius 3 is 1.31 bits per heavy atom. The van der Waals surface area contributed by atoms with E-state index >= 15 is 0 Å². The number of aliphatic hydroxyl groups is 2. The van der Waals surface area contributed by atoms with Gasteiger partial charge in [-0.3, -0.25) is 0 Å². The van der Waals surface area contributed by atoms with Crippen LogP contribution in [0.5, 0.6) is 0 Å². The number of carbonyl (C=O) groups excluding carboxylic acids is 2. The molecule has 13 heavy (non-hydrogen) atoms. The van der Waals surface area contributed by atoms with E-state index in [4.69, 9.17) is 22.0 Å². The predicted molar refractivity (Wildman–Crippen MR) is 27.0 cm³/mol. The van der Waals surface area contributed by atoms with Gasteiger partial charge in [0.2, 0.25) is 0 Å². The van der Waals surface area contributed by atoms with E-state index in [-0.39, 0.29) is 17.1 Å². The van der Waals surface area contributed by atoms with Crippen molar-refractivity contribution in [3.05, 3.63) is 6.57 Å². The minimum absolute atomic E-state index is 0. The third-order valence-electron chi connectivity index (χ3n) is 0.782. The van der Waals surface area contributed by atoms with E-state index in [1.54, 1.807) is 0 Å². The molecule has 2 N–H and O–H groups in total. The molecule has 0 aliphatic heterocycles. The number of carboxylic acid groups (broad SMARTS) is 2. The summed E-state index contributed by atoms with van der Waals surface area (Å²) in [7, 11) is 0. The summed E-state index contributed by atoms with van der Waals surface area (Å²) in [5.74, 6) is -4.12. The standard InChI is InChI=1S/C4H6O6.CN.Cu/c5-1(3(7)8)2(6)4(9)10;1-2;/h1-2,5-6H,(H,7,8)(H,9,10);;/q;-1;/p-2. The summed E-state index contributed by atoms with van der Waals surface area (Å²) in [6, 6.07) is 0. The van der Waals surface area contributed by atoms with Crippen LogP contribution in [0.3, 0.4) is 0 Å². The fourth-order valence-corrected chi connectivity index (χ4v) is 0.258. The summed E-state index contributed by atoms with van der Waals surface area (Å²) in [5.41, 5.74) is 0. The van der Waals surface area contributed by atoms with E-state index in [1.807, 2.05) is 0 Å². The monoisotopic (exact) mass is 237 g/mol. The van der Waals surface area contributed by atoms with Crippen molar-refractivity contribution in [1.29, 1.82) is 5.26 Å². The van der Waals surface area contributed by atoms with Crippen LogP contribution in [-0.2, 0) is 26.7 Å². The quantitative estimate of drug-likeness (QED) is 0.370. The molecule has 0 aromatic heterocycles. The molecule has 2 atom stereocenters. The van der Waals surface area contributed by atoms with Gasteiger partial charge >= 0.3 is 0 Å². The molecular formula is C5H4CuNO6-3. The second-order valence-electron chi connectivity index (χ2n) is 1.53. The number of nitrogens with zero attached hydrogens (tertiary/aromatic N) is 1. The third-order valence-corrected chi connectivity index (χ3v) is 0.782. The third kappa shape index (κ3) is 7.24. The number of hydrogen-bond acceptors (Lipinski definition) is 7. The maximum atomic E-state index is 9.63. The van der Waals surface area contributed by atoms with Gasteiger partial charge < -0.3 is 41.8 Å². The molecule has 0 saturated carbocycles. The molecule has 0 bridgehead atoms. The van der Waals surface area contributed by atoms with Gasteiger partial charge in [-0.05, 0) is 0 Å². The van der Waals surface area contributed by atoms with Crippen molar-refractivity contribution in [3.63, 3.8) is 0 Å². The van der Waals surface area contributed by atoms with Gasteiger partial charge in [0.15, 0.2) is 0 Å². The summed E-state index contributed by atoms with van der Waals surface area (Å²) < 4.78 is 0. The van der Waals surface area contributed by atoms with Crippen LogP contribution in [0.4, 0.5) is 0 Å². The van der Waals surface area contributed by atoms with Crippen LogP contribution >= 0.6 is 0 Å². The van der Waals surface area contributed by atoms with Crippen molar-refractivity contribution in [1.82, 2.24) is 0 Å². The number of carbonyl (C=O) groups is 2. The van der Waals surface area contributed by atoms with Gasteiger partial charge in [-0.2, -0.15) is 0 Å². The van der Waals surface area contributed by atoms with Gasteiger partial charge in [-0.15, -0.1) is 0 Å². The zero-order valence-electron chi connectivity index (χ0n) is 5.93. The molecule has 0 spiro atoms. The molecule has 0 rings (SSSR count). The van der Waals surface area contributed by atoms with Crippen LogP contribution in [0.1, 0.15) is 0 Å². The second-order valence-corrected chi connectivity index (χ2v) is 1.53.